The first-order chi connectivity index (χ1) is 13.3. The molecule has 0 aliphatic rings. The molecule has 0 amide bonds. The third-order valence-corrected chi connectivity index (χ3v) is 4.65. The van der Waals surface area contributed by atoms with Crippen LogP contribution in [0.15, 0.2) is 46.5 Å². The van der Waals surface area contributed by atoms with Crippen LogP contribution in [-0.2, 0) is 18.8 Å². The van der Waals surface area contributed by atoms with Crippen molar-refractivity contribution in [3.63, 3.8) is 0 Å². The molecule has 2 heterocycles. The molecule has 0 fully saturated rings. The number of esters is 1. The lowest BCUT2D eigenvalue weighted by Crippen LogP contribution is -2.38. The molecule has 1 aromatic carbocycles. The molecule has 7 nitrogen and oxygen atoms in total. The fourth-order valence-corrected chi connectivity index (χ4v) is 3.28. The minimum absolute atomic E-state index is 0.0105. The fraction of sp³-hybridized carbons (Fsp3) is 0.200. The van der Waals surface area contributed by atoms with Crippen molar-refractivity contribution in [1.29, 1.82) is 0 Å². The Morgan fingerprint density at radius 3 is 2.64 bits per heavy atom. The van der Waals surface area contributed by atoms with Crippen LogP contribution in [0.3, 0.4) is 0 Å². The maximum atomic E-state index is 13.0. The monoisotopic (exact) mass is 399 g/mol. The topological polar surface area (TPSA) is 83.2 Å². The second-order valence-corrected chi connectivity index (χ2v) is 6.69. The van der Waals surface area contributed by atoms with E-state index in [1.165, 1.54) is 24.7 Å². The molecule has 0 bridgehead atoms. The van der Waals surface area contributed by atoms with Crippen molar-refractivity contribution < 1.29 is 9.53 Å². The summed E-state index contributed by atoms with van der Waals surface area (Å²) >= 11 is 6.15. The van der Waals surface area contributed by atoms with E-state index in [1.807, 2.05) is 0 Å². The Balaban J connectivity index is 2.56. The number of benzene rings is 1. The molecule has 3 aromatic rings. The molecular formula is C20H18ClN3O4. The summed E-state index contributed by atoms with van der Waals surface area (Å²) in [6.07, 6.45) is 1.45. The lowest BCUT2D eigenvalue weighted by Gasteiger charge is -2.16. The van der Waals surface area contributed by atoms with Crippen molar-refractivity contribution in [2.75, 3.05) is 6.61 Å². The molecular weight excluding hydrogens is 382 g/mol. The normalized spacial score (nSPS) is 10.9. The number of rotatable bonds is 4. The van der Waals surface area contributed by atoms with Crippen LogP contribution in [0.1, 0.15) is 16.1 Å². The summed E-state index contributed by atoms with van der Waals surface area (Å²) in [6.45, 7) is 5.17. The highest BCUT2D eigenvalue weighted by Crippen LogP contribution is 2.32. The predicted molar refractivity (Wildman–Crippen MR) is 108 cm³/mol. The molecule has 0 saturated heterocycles. The van der Waals surface area contributed by atoms with Gasteiger partial charge in [0.1, 0.15) is 12.3 Å². The number of aryl methyl sites for hydroxylation is 2. The third-order valence-electron chi connectivity index (χ3n) is 4.42. The van der Waals surface area contributed by atoms with E-state index in [4.69, 9.17) is 16.3 Å². The Morgan fingerprint density at radius 1 is 1.29 bits per heavy atom. The first-order valence-corrected chi connectivity index (χ1v) is 8.80. The van der Waals surface area contributed by atoms with Gasteiger partial charge in [0.2, 0.25) is 0 Å². The molecule has 0 unspecified atom stereocenters. The van der Waals surface area contributed by atoms with Crippen LogP contribution >= 0.6 is 11.6 Å². The Morgan fingerprint density at radius 2 is 2.00 bits per heavy atom. The number of hydrogen-bond donors (Lipinski definition) is 0. The molecule has 0 atom stereocenters. The number of aromatic nitrogens is 3. The van der Waals surface area contributed by atoms with Crippen LogP contribution in [0.25, 0.3) is 22.2 Å². The van der Waals surface area contributed by atoms with Gasteiger partial charge in [0.25, 0.3) is 5.56 Å². The minimum atomic E-state index is -0.641. The highest BCUT2D eigenvalue weighted by Gasteiger charge is 2.25. The van der Waals surface area contributed by atoms with Gasteiger partial charge in [0.05, 0.1) is 16.6 Å². The van der Waals surface area contributed by atoms with E-state index in [0.717, 1.165) is 4.57 Å². The maximum absolute atomic E-state index is 13.0. The highest BCUT2D eigenvalue weighted by atomic mass is 35.5. The molecule has 28 heavy (non-hydrogen) atoms. The van der Waals surface area contributed by atoms with E-state index in [2.05, 4.69) is 11.6 Å². The Labute approximate surface area is 165 Å². The van der Waals surface area contributed by atoms with E-state index >= 15 is 0 Å². The first-order valence-electron chi connectivity index (χ1n) is 8.42. The van der Waals surface area contributed by atoms with Crippen LogP contribution in [0.2, 0.25) is 5.02 Å². The van der Waals surface area contributed by atoms with E-state index in [0.29, 0.717) is 21.8 Å². The number of ether oxygens (including phenoxy) is 1. The van der Waals surface area contributed by atoms with Crippen LogP contribution in [-0.4, -0.2) is 26.7 Å². The second-order valence-electron chi connectivity index (χ2n) is 6.25. The smallest absolute Gasteiger partial charge is 0.340 e. The average molecular weight is 400 g/mol. The van der Waals surface area contributed by atoms with Crippen molar-refractivity contribution in [2.45, 2.75) is 6.92 Å². The van der Waals surface area contributed by atoms with E-state index in [9.17, 15) is 14.4 Å². The van der Waals surface area contributed by atoms with E-state index in [1.54, 1.807) is 31.2 Å². The van der Waals surface area contributed by atoms with Crippen molar-refractivity contribution in [1.82, 2.24) is 14.1 Å². The molecule has 0 radical (unpaired) electrons. The zero-order valence-corrected chi connectivity index (χ0v) is 16.4. The Hall–Kier alpha value is -3.19. The lowest BCUT2D eigenvalue weighted by molar-refractivity contribution is 0.0549. The van der Waals surface area contributed by atoms with E-state index in [-0.39, 0.29) is 23.2 Å². The quantitative estimate of drug-likeness (QED) is 0.497. The van der Waals surface area contributed by atoms with Gasteiger partial charge in [-0.25, -0.2) is 14.6 Å². The van der Waals surface area contributed by atoms with Crippen molar-refractivity contribution >= 4 is 28.6 Å². The van der Waals surface area contributed by atoms with Crippen molar-refractivity contribution in [2.24, 2.45) is 14.1 Å². The predicted octanol–water partition coefficient (Wildman–Crippen LogP) is 2.60. The Kier molecular flexibility index (Phi) is 5.20. The number of halogens is 1. The minimum Gasteiger partial charge on any atom is -0.458 e. The molecule has 0 aliphatic heterocycles. The van der Waals surface area contributed by atoms with Gasteiger partial charge in [-0.1, -0.05) is 36.4 Å². The number of nitrogens with zero attached hydrogens (tertiary/aromatic N) is 3. The van der Waals surface area contributed by atoms with E-state index < -0.39 is 17.2 Å². The van der Waals surface area contributed by atoms with Gasteiger partial charge in [0, 0.05) is 24.7 Å². The molecule has 3 rings (SSSR count). The molecule has 144 valence electrons. The number of fused-ring (bicyclic) bond motifs is 1. The summed E-state index contributed by atoms with van der Waals surface area (Å²) in [4.78, 5) is 42.5. The summed E-state index contributed by atoms with van der Waals surface area (Å²) in [5.74, 6) is -0.641. The molecule has 0 aliphatic carbocycles. The molecule has 0 spiro atoms. The average Bonchev–Trinajstić information content (AvgIpc) is 2.67. The summed E-state index contributed by atoms with van der Waals surface area (Å²) in [6, 6.07) is 6.77. The summed E-state index contributed by atoms with van der Waals surface area (Å²) in [5, 5.41) is 0.579. The second kappa shape index (κ2) is 7.44. The van der Waals surface area contributed by atoms with Gasteiger partial charge >= 0.3 is 11.7 Å². The largest absolute Gasteiger partial charge is 0.458 e. The third kappa shape index (κ3) is 3.14. The van der Waals surface area contributed by atoms with Crippen molar-refractivity contribution in [3.8, 4) is 11.1 Å². The maximum Gasteiger partial charge on any atom is 0.340 e. The highest BCUT2D eigenvalue weighted by molar-refractivity contribution is 6.31. The molecule has 2 aromatic heterocycles. The van der Waals surface area contributed by atoms with Gasteiger partial charge in [0.15, 0.2) is 0 Å². The molecule has 0 N–H and O–H groups in total. The standard InChI is InChI=1S/C20H18ClN3O4/c1-5-9-28-19(26)14-11(2)22-17-16(18(25)24(4)20(27)23(17)3)15(14)12-7-6-8-13(21)10-12/h5-8,10H,1,9H2,2-4H3. The van der Waals surface area contributed by atoms with Gasteiger partial charge in [-0.3, -0.25) is 13.9 Å². The summed E-state index contributed by atoms with van der Waals surface area (Å²) in [5.41, 5.74) is 0.467. The van der Waals surface area contributed by atoms with Gasteiger partial charge < -0.3 is 4.74 Å². The summed E-state index contributed by atoms with van der Waals surface area (Å²) in [7, 11) is 2.90. The van der Waals surface area contributed by atoms with Crippen molar-refractivity contribution in [3.05, 3.63) is 74.0 Å². The zero-order valence-electron chi connectivity index (χ0n) is 15.7. The summed E-state index contributed by atoms with van der Waals surface area (Å²) < 4.78 is 7.47. The number of carbonyl (C=O) groups is 1. The SMILES string of the molecule is C=CCOC(=O)c1c(C)nc2c(c1-c1cccc(Cl)c1)c(=O)n(C)c(=O)n2C. The number of pyridine rings is 1. The fourth-order valence-electron chi connectivity index (χ4n) is 3.09. The van der Waals surface area contributed by atoms with Crippen LogP contribution in [0.5, 0.6) is 0 Å². The molecule has 0 saturated carbocycles. The Bertz CT molecular complexity index is 1240. The lowest BCUT2D eigenvalue weighted by atomic mass is 9.96. The molecule has 8 heteroatoms. The van der Waals surface area contributed by atoms with Gasteiger partial charge in [-0.2, -0.15) is 0 Å². The van der Waals surface area contributed by atoms with Crippen LogP contribution in [0.4, 0.5) is 0 Å². The zero-order chi connectivity index (χ0) is 20.6. The van der Waals surface area contributed by atoms with Gasteiger partial charge in [-0.05, 0) is 24.6 Å². The van der Waals surface area contributed by atoms with Gasteiger partial charge in [-0.15, -0.1) is 0 Å². The van der Waals surface area contributed by atoms with Crippen LogP contribution < -0.4 is 11.2 Å². The first kappa shape index (κ1) is 19.6. The number of hydrogen-bond acceptors (Lipinski definition) is 5. The number of carbonyl (C=O) groups excluding carboxylic acids is 1. The van der Waals surface area contributed by atoms with Crippen LogP contribution in [0, 0.1) is 6.92 Å².